The van der Waals surface area contributed by atoms with E-state index in [9.17, 15) is 4.79 Å². The zero-order chi connectivity index (χ0) is 13.7. The molecule has 100 valence electrons. The predicted molar refractivity (Wildman–Crippen MR) is 75.2 cm³/mol. The second kappa shape index (κ2) is 6.43. The molecule has 4 heteroatoms. The third-order valence-corrected chi connectivity index (χ3v) is 3.21. The Morgan fingerprint density at radius 3 is 2.84 bits per heavy atom. The van der Waals surface area contributed by atoms with Crippen LogP contribution >= 0.6 is 11.6 Å². The smallest absolute Gasteiger partial charge is 0.224 e. The Balaban J connectivity index is 1.86. The van der Waals surface area contributed by atoms with Crippen molar-refractivity contribution in [1.29, 1.82) is 0 Å². The summed E-state index contributed by atoms with van der Waals surface area (Å²) in [6.45, 7) is 1.97. The number of hydrogen-bond acceptors (Lipinski definition) is 2. The summed E-state index contributed by atoms with van der Waals surface area (Å²) in [7, 11) is 0. The second-order valence-corrected chi connectivity index (χ2v) is 4.98. The maximum atomic E-state index is 11.9. The fraction of sp³-hybridized carbons (Fsp3) is 0.267. The molecular formula is C15H16ClNO2. The van der Waals surface area contributed by atoms with Crippen LogP contribution in [-0.2, 0) is 17.6 Å². The molecule has 1 heterocycles. The molecule has 0 aliphatic heterocycles. The summed E-state index contributed by atoms with van der Waals surface area (Å²) >= 11 is 6.03. The van der Waals surface area contributed by atoms with E-state index in [2.05, 4.69) is 5.32 Å². The van der Waals surface area contributed by atoms with Crippen LogP contribution in [0.3, 0.4) is 0 Å². The van der Waals surface area contributed by atoms with E-state index in [0.717, 1.165) is 17.5 Å². The van der Waals surface area contributed by atoms with Gasteiger partial charge in [0, 0.05) is 11.1 Å². The molecule has 0 saturated heterocycles. The Bertz CT molecular complexity index is 537. The van der Waals surface area contributed by atoms with E-state index in [-0.39, 0.29) is 11.9 Å². The molecule has 1 atom stereocenters. The molecule has 19 heavy (non-hydrogen) atoms. The van der Waals surface area contributed by atoms with Crippen LogP contribution in [0.2, 0.25) is 5.02 Å². The minimum absolute atomic E-state index is 0.0240. The van der Waals surface area contributed by atoms with Gasteiger partial charge in [-0.15, -0.1) is 0 Å². The van der Waals surface area contributed by atoms with Crippen LogP contribution < -0.4 is 5.32 Å². The van der Waals surface area contributed by atoms with Crippen molar-refractivity contribution in [3.8, 4) is 0 Å². The first-order valence-electron chi connectivity index (χ1n) is 6.19. The van der Waals surface area contributed by atoms with Gasteiger partial charge in [0.25, 0.3) is 0 Å². The highest BCUT2D eigenvalue weighted by Crippen LogP contribution is 2.15. The summed E-state index contributed by atoms with van der Waals surface area (Å²) in [6, 6.07) is 9.35. The van der Waals surface area contributed by atoms with E-state index < -0.39 is 0 Å². The Kier molecular flexibility index (Phi) is 4.63. The summed E-state index contributed by atoms with van der Waals surface area (Å²) in [5, 5.41) is 3.58. The lowest BCUT2D eigenvalue weighted by molar-refractivity contribution is -0.121. The average molecular weight is 278 g/mol. The van der Waals surface area contributed by atoms with Crippen molar-refractivity contribution in [3.63, 3.8) is 0 Å². The van der Waals surface area contributed by atoms with Gasteiger partial charge >= 0.3 is 0 Å². The molecule has 0 aliphatic carbocycles. The summed E-state index contributed by atoms with van der Waals surface area (Å²) in [5.41, 5.74) is 1.92. The number of amides is 1. The lowest BCUT2D eigenvalue weighted by atomic mass is 10.1. The van der Waals surface area contributed by atoms with Crippen molar-refractivity contribution in [2.24, 2.45) is 0 Å². The molecule has 1 N–H and O–H groups in total. The van der Waals surface area contributed by atoms with Crippen molar-refractivity contribution in [2.75, 3.05) is 0 Å². The number of halogens is 1. The van der Waals surface area contributed by atoms with Crippen LogP contribution in [0.4, 0.5) is 0 Å². The molecule has 1 unspecified atom stereocenters. The Morgan fingerprint density at radius 1 is 1.37 bits per heavy atom. The molecule has 2 aromatic rings. The zero-order valence-corrected chi connectivity index (χ0v) is 11.5. The van der Waals surface area contributed by atoms with Gasteiger partial charge in [-0.2, -0.15) is 0 Å². The number of furan rings is 1. The van der Waals surface area contributed by atoms with Crippen molar-refractivity contribution < 1.29 is 9.21 Å². The highest BCUT2D eigenvalue weighted by Gasteiger charge is 2.10. The van der Waals surface area contributed by atoms with Crippen LogP contribution in [0.25, 0.3) is 0 Å². The number of carbonyl (C=O) groups is 1. The van der Waals surface area contributed by atoms with E-state index in [0.29, 0.717) is 11.4 Å². The quantitative estimate of drug-likeness (QED) is 0.912. The molecule has 0 radical (unpaired) electrons. The molecule has 1 aromatic heterocycles. The van der Waals surface area contributed by atoms with E-state index in [1.165, 1.54) is 0 Å². The molecular weight excluding hydrogens is 262 g/mol. The van der Waals surface area contributed by atoms with E-state index in [4.69, 9.17) is 16.0 Å². The molecule has 1 amide bonds. The highest BCUT2D eigenvalue weighted by molar-refractivity contribution is 6.31. The first-order valence-corrected chi connectivity index (χ1v) is 6.57. The third kappa shape index (κ3) is 4.14. The minimum atomic E-state index is -0.0240. The second-order valence-electron chi connectivity index (χ2n) is 4.57. The molecule has 0 bridgehead atoms. The average Bonchev–Trinajstić information content (AvgIpc) is 2.84. The first kappa shape index (κ1) is 13.7. The summed E-state index contributed by atoms with van der Waals surface area (Å²) < 4.78 is 5.00. The Labute approximate surface area is 117 Å². The van der Waals surface area contributed by atoms with E-state index in [1.807, 2.05) is 31.2 Å². The van der Waals surface area contributed by atoms with Gasteiger partial charge in [0.1, 0.15) is 0 Å². The first-order chi connectivity index (χ1) is 9.15. The van der Waals surface area contributed by atoms with Gasteiger partial charge in [-0.25, -0.2) is 0 Å². The molecule has 0 fully saturated rings. The molecule has 0 spiro atoms. The lowest BCUT2D eigenvalue weighted by Crippen LogP contribution is -2.35. The molecule has 2 rings (SSSR count). The summed E-state index contributed by atoms with van der Waals surface area (Å²) in [4.78, 5) is 11.9. The number of nitrogens with one attached hydrogen (secondary N) is 1. The van der Waals surface area contributed by atoms with Gasteiger partial charge in [0.05, 0.1) is 18.9 Å². The van der Waals surface area contributed by atoms with E-state index >= 15 is 0 Å². The largest absolute Gasteiger partial charge is 0.472 e. The molecule has 0 saturated carbocycles. The number of benzene rings is 1. The molecule has 1 aromatic carbocycles. The van der Waals surface area contributed by atoms with Crippen LogP contribution in [0.5, 0.6) is 0 Å². The van der Waals surface area contributed by atoms with Gasteiger partial charge in [-0.3, -0.25) is 4.79 Å². The van der Waals surface area contributed by atoms with Gasteiger partial charge < -0.3 is 9.73 Å². The highest BCUT2D eigenvalue weighted by atomic mass is 35.5. The van der Waals surface area contributed by atoms with Gasteiger partial charge in [0.2, 0.25) is 5.91 Å². The van der Waals surface area contributed by atoms with Crippen molar-refractivity contribution >= 4 is 17.5 Å². The topological polar surface area (TPSA) is 42.2 Å². The maximum Gasteiger partial charge on any atom is 0.224 e. The summed E-state index contributed by atoms with van der Waals surface area (Å²) in [6.07, 6.45) is 4.38. The third-order valence-electron chi connectivity index (χ3n) is 2.84. The van der Waals surface area contributed by atoms with Crippen molar-refractivity contribution in [2.45, 2.75) is 25.8 Å². The number of carbonyl (C=O) groups excluding carboxylic acids is 1. The minimum Gasteiger partial charge on any atom is -0.472 e. The van der Waals surface area contributed by atoms with Crippen molar-refractivity contribution in [1.82, 2.24) is 5.32 Å². The van der Waals surface area contributed by atoms with Gasteiger partial charge in [0.15, 0.2) is 0 Å². The Hall–Kier alpha value is -1.74. The van der Waals surface area contributed by atoms with Gasteiger partial charge in [-0.1, -0.05) is 29.8 Å². The monoisotopic (exact) mass is 277 g/mol. The normalized spacial score (nSPS) is 12.1. The SMILES string of the molecule is CC(Cc1ccoc1)NC(=O)Cc1ccccc1Cl. The van der Waals surface area contributed by atoms with Crippen LogP contribution in [0.15, 0.2) is 47.3 Å². The van der Waals surface area contributed by atoms with Crippen LogP contribution in [0.1, 0.15) is 18.1 Å². The van der Waals surface area contributed by atoms with Crippen LogP contribution in [0, 0.1) is 0 Å². The number of rotatable bonds is 5. The van der Waals surface area contributed by atoms with E-state index in [1.54, 1.807) is 18.6 Å². The van der Waals surface area contributed by atoms with Gasteiger partial charge in [-0.05, 0) is 36.6 Å². The maximum absolute atomic E-state index is 11.9. The lowest BCUT2D eigenvalue weighted by Gasteiger charge is -2.13. The predicted octanol–water partition coefficient (Wildman–Crippen LogP) is 3.22. The molecule has 0 aliphatic rings. The fourth-order valence-electron chi connectivity index (χ4n) is 1.95. The van der Waals surface area contributed by atoms with Crippen LogP contribution in [-0.4, -0.2) is 11.9 Å². The fourth-order valence-corrected chi connectivity index (χ4v) is 2.16. The Morgan fingerprint density at radius 2 is 2.16 bits per heavy atom. The standard InChI is InChI=1S/C15H16ClNO2/c1-11(8-12-6-7-19-10-12)17-15(18)9-13-4-2-3-5-14(13)16/h2-7,10-11H,8-9H2,1H3,(H,17,18). The molecule has 3 nitrogen and oxygen atoms in total. The summed E-state index contributed by atoms with van der Waals surface area (Å²) in [5.74, 6) is -0.0240. The zero-order valence-electron chi connectivity index (χ0n) is 10.7. The van der Waals surface area contributed by atoms with Crippen molar-refractivity contribution in [3.05, 3.63) is 59.0 Å². The number of hydrogen-bond donors (Lipinski definition) is 1.